The van der Waals surface area contributed by atoms with Crippen molar-refractivity contribution in [2.24, 2.45) is 0 Å². The number of amides is 1. The smallest absolute Gasteiger partial charge is 0.295 e. The number of carbonyl (C=O) groups excluding carboxylic acids is 1. The highest BCUT2D eigenvalue weighted by atomic mass is 32.2. The topological polar surface area (TPSA) is 83.5 Å². The quantitative estimate of drug-likeness (QED) is 0.494. The molecule has 1 aromatic rings. The average Bonchev–Trinajstić information content (AvgIpc) is 2.57. The Hall–Kier alpha value is -1.22. The van der Waals surface area contributed by atoms with Crippen LogP contribution in [0.25, 0.3) is 6.08 Å². The summed E-state index contributed by atoms with van der Waals surface area (Å²) in [4.78, 5) is 11.6. The molecule has 1 heterocycles. The molecule has 1 saturated heterocycles. The first-order valence-electron chi connectivity index (χ1n) is 4.69. The highest BCUT2D eigenvalue weighted by Crippen LogP contribution is 2.28. The van der Waals surface area contributed by atoms with Crippen molar-refractivity contribution in [1.82, 2.24) is 5.32 Å². The van der Waals surface area contributed by atoms with Crippen LogP contribution < -0.4 is 5.32 Å². The van der Waals surface area contributed by atoms with Crippen LogP contribution in [0.2, 0.25) is 0 Å². The second-order valence-corrected chi connectivity index (χ2v) is 6.18. The zero-order chi connectivity index (χ0) is 13.3. The lowest BCUT2D eigenvalue weighted by Crippen LogP contribution is -2.15. The van der Waals surface area contributed by atoms with E-state index < -0.39 is 10.1 Å². The molecule has 0 bridgehead atoms. The van der Waals surface area contributed by atoms with Crippen molar-refractivity contribution in [1.29, 1.82) is 0 Å². The molecule has 2 N–H and O–H groups in total. The van der Waals surface area contributed by atoms with E-state index in [1.54, 1.807) is 6.07 Å². The van der Waals surface area contributed by atoms with Crippen LogP contribution in [0.3, 0.4) is 0 Å². The van der Waals surface area contributed by atoms with Crippen molar-refractivity contribution < 1.29 is 17.8 Å². The fourth-order valence-electron chi connectivity index (χ4n) is 1.40. The van der Waals surface area contributed by atoms with E-state index >= 15 is 0 Å². The Morgan fingerprint density at radius 2 is 2.00 bits per heavy atom. The lowest BCUT2D eigenvalue weighted by atomic mass is 10.2. The SMILES string of the molecule is O=C1NC(=S)C(=Cc2ccccc2S(=O)(=O)O)S1. The molecule has 1 amide bonds. The lowest BCUT2D eigenvalue weighted by molar-refractivity contribution is 0.265. The molecule has 2 rings (SSSR count). The molecular weight excluding hydrogens is 294 g/mol. The van der Waals surface area contributed by atoms with Gasteiger partial charge in [0.1, 0.15) is 9.88 Å². The van der Waals surface area contributed by atoms with E-state index in [4.69, 9.17) is 16.8 Å². The molecule has 1 aliphatic rings. The molecule has 94 valence electrons. The summed E-state index contributed by atoms with van der Waals surface area (Å²) in [6, 6.07) is 5.91. The van der Waals surface area contributed by atoms with Gasteiger partial charge >= 0.3 is 0 Å². The Kier molecular flexibility index (Phi) is 3.53. The summed E-state index contributed by atoms with van der Waals surface area (Å²) in [6.07, 6.45) is 1.45. The molecule has 0 aliphatic carbocycles. The minimum Gasteiger partial charge on any atom is -0.307 e. The van der Waals surface area contributed by atoms with Crippen molar-refractivity contribution in [3.63, 3.8) is 0 Å². The Bertz CT molecular complexity index is 663. The van der Waals surface area contributed by atoms with Crippen LogP contribution in [0.1, 0.15) is 5.56 Å². The van der Waals surface area contributed by atoms with Gasteiger partial charge in [-0.25, -0.2) is 0 Å². The summed E-state index contributed by atoms with van der Waals surface area (Å²) in [7, 11) is -4.31. The molecule has 1 fully saturated rings. The van der Waals surface area contributed by atoms with Gasteiger partial charge in [0.05, 0.1) is 4.91 Å². The fourth-order valence-corrected chi connectivity index (χ4v) is 3.10. The molecule has 18 heavy (non-hydrogen) atoms. The Morgan fingerprint density at radius 1 is 1.33 bits per heavy atom. The molecule has 0 aromatic heterocycles. The summed E-state index contributed by atoms with van der Waals surface area (Å²) in [6.45, 7) is 0. The molecule has 8 heteroatoms. The minimum atomic E-state index is -4.31. The molecule has 5 nitrogen and oxygen atoms in total. The van der Waals surface area contributed by atoms with Crippen molar-refractivity contribution in [2.75, 3.05) is 0 Å². The Morgan fingerprint density at radius 3 is 2.56 bits per heavy atom. The van der Waals surface area contributed by atoms with E-state index in [0.717, 1.165) is 11.8 Å². The van der Waals surface area contributed by atoms with E-state index in [1.165, 1.54) is 24.3 Å². The third-order valence-electron chi connectivity index (χ3n) is 2.13. The minimum absolute atomic E-state index is 0.222. The van der Waals surface area contributed by atoms with Crippen molar-refractivity contribution in [3.8, 4) is 0 Å². The van der Waals surface area contributed by atoms with Crippen molar-refractivity contribution in [2.45, 2.75) is 4.90 Å². The third-order valence-corrected chi connectivity index (χ3v) is 4.33. The third kappa shape index (κ3) is 2.78. The predicted octanol–water partition coefficient (Wildman–Crippen LogP) is 2.06. The molecule has 0 radical (unpaired) electrons. The van der Waals surface area contributed by atoms with Gasteiger partial charge in [-0.15, -0.1) is 0 Å². The number of benzene rings is 1. The number of hydrogen-bond acceptors (Lipinski definition) is 5. The van der Waals surface area contributed by atoms with Crippen LogP contribution in [0.5, 0.6) is 0 Å². The monoisotopic (exact) mass is 301 g/mol. The Balaban J connectivity index is 2.51. The van der Waals surface area contributed by atoms with Gasteiger partial charge in [-0.05, 0) is 29.5 Å². The van der Waals surface area contributed by atoms with Gasteiger partial charge in [-0.2, -0.15) is 8.42 Å². The van der Waals surface area contributed by atoms with Gasteiger partial charge in [0.25, 0.3) is 15.4 Å². The molecule has 1 aliphatic heterocycles. The largest absolute Gasteiger partial charge is 0.307 e. The predicted molar refractivity (Wildman–Crippen MR) is 73.0 cm³/mol. The maximum Gasteiger partial charge on any atom is 0.295 e. The molecule has 0 spiro atoms. The second kappa shape index (κ2) is 4.81. The molecule has 0 atom stereocenters. The highest BCUT2D eigenvalue weighted by molar-refractivity contribution is 8.19. The summed E-state index contributed by atoms with van der Waals surface area (Å²) in [5.41, 5.74) is 0.279. The van der Waals surface area contributed by atoms with E-state index in [1.807, 2.05) is 0 Å². The number of hydrogen-bond donors (Lipinski definition) is 2. The Labute approximate surface area is 113 Å². The fraction of sp³-hybridized carbons (Fsp3) is 0. The molecular formula is C10H7NO4S3. The molecule has 0 unspecified atom stereocenters. The van der Waals surface area contributed by atoms with Crippen LogP contribution in [-0.2, 0) is 10.1 Å². The zero-order valence-corrected chi connectivity index (χ0v) is 11.2. The van der Waals surface area contributed by atoms with Crippen molar-refractivity contribution in [3.05, 3.63) is 34.7 Å². The number of rotatable bonds is 2. The van der Waals surface area contributed by atoms with Gasteiger partial charge in [0.15, 0.2) is 0 Å². The van der Waals surface area contributed by atoms with Gasteiger partial charge in [-0.3, -0.25) is 9.35 Å². The van der Waals surface area contributed by atoms with Crippen LogP contribution in [-0.4, -0.2) is 23.2 Å². The van der Waals surface area contributed by atoms with E-state index in [2.05, 4.69) is 5.32 Å². The maximum absolute atomic E-state index is 11.2. The number of carbonyl (C=O) groups is 1. The van der Waals surface area contributed by atoms with Gasteiger partial charge < -0.3 is 5.32 Å². The first-order chi connectivity index (χ1) is 8.38. The lowest BCUT2D eigenvalue weighted by Gasteiger charge is -2.02. The summed E-state index contributed by atoms with van der Waals surface area (Å²) in [5, 5.41) is 2.11. The summed E-state index contributed by atoms with van der Waals surface area (Å²) < 4.78 is 31.4. The number of nitrogens with one attached hydrogen (secondary N) is 1. The van der Waals surface area contributed by atoms with Crippen LogP contribution in [0, 0.1) is 0 Å². The van der Waals surface area contributed by atoms with E-state index in [0.29, 0.717) is 4.91 Å². The van der Waals surface area contributed by atoms with Gasteiger partial charge in [0, 0.05) is 0 Å². The zero-order valence-electron chi connectivity index (χ0n) is 8.78. The highest BCUT2D eigenvalue weighted by Gasteiger charge is 2.22. The van der Waals surface area contributed by atoms with Crippen LogP contribution in [0.4, 0.5) is 4.79 Å². The van der Waals surface area contributed by atoms with E-state index in [-0.39, 0.29) is 20.7 Å². The standard InChI is InChI=1S/C10H7NO4S3/c12-10-11-9(16)7(17-10)5-6-3-1-2-4-8(6)18(13,14)15/h1-5H,(H,11,12,16)(H,13,14,15). The van der Waals surface area contributed by atoms with Gasteiger partial charge in [0.2, 0.25) is 0 Å². The first kappa shape index (κ1) is 13.2. The first-order valence-corrected chi connectivity index (χ1v) is 7.36. The summed E-state index contributed by atoms with van der Waals surface area (Å²) >= 11 is 5.80. The van der Waals surface area contributed by atoms with Gasteiger partial charge in [-0.1, -0.05) is 30.4 Å². The second-order valence-electron chi connectivity index (χ2n) is 3.37. The molecule has 0 saturated carbocycles. The van der Waals surface area contributed by atoms with Crippen LogP contribution in [0.15, 0.2) is 34.1 Å². The van der Waals surface area contributed by atoms with Crippen LogP contribution >= 0.6 is 24.0 Å². The number of thiocarbonyl (C=S) groups is 1. The maximum atomic E-state index is 11.2. The average molecular weight is 301 g/mol. The normalized spacial score (nSPS) is 18.2. The number of thioether (sulfide) groups is 1. The summed E-state index contributed by atoms with van der Waals surface area (Å²) in [5.74, 6) is 0. The van der Waals surface area contributed by atoms with E-state index in [9.17, 15) is 13.2 Å². The van der Waals surface area contributed by atoms with Crippen molar-refractivity contribution >= 4 is 50.4 Å². The molecule has 1 aromatic carbocycles.